The average molecular weight is 629 g/mol. The molecule has 2 heterocycles. The molecule has 14 heteroatoms. The number of sulfone groups is 2. The van der Waals surface area contributed by atoms with Gasteiger partial charge in [-0.2, -0.15) is 0 Å². The molecule has 0 fully saturated rings. The molecule has 6 rings (SSSR count). The van der Waals surface area contributed by atoms with E-state index < -0.39 is 29.5 Å². The van der Waals surface area contributed by atoms with Crippen LogP contribution >= 0.6 is 0 Å². The maximum atomic E-state index is 12.7. The second-order valence-electron chi connectivity index (χ2n) is 9.21. The number of non-ortho nitro benzene ring substituents is 2. The Labute approximate surface area is 250 Å². The average Bonchev–Trinajstić information content (AvgIpc) is 3.04. The van der Waals surface area contributed by atoms with E-state index in [9.17, 15) is 37.1 Å². The monoisotopic (exact) mass is 628 g/mol. The molecule has 2 aromatic heterocycles. The number of nitrogens with zero attached hydrogens (tertiary/aromatic N) is 4. The minimum absolute atomic E-state index is 0.0161. The van der Waals surface area contributed by atoms with Crippen molar-refractivity contribution in [2.75, 3.05) is 0 Å². The highest BCUT2D eigenvalue weighted by atomic mass is 32.2. The zero-order valence-electron chi connectivity index (χ0n) is 22.4. The molecule has 0 amide bonds. The van der Waals surface area contributed by atoms with Gasteiger partial charge in [0.1, 0.15) is 0 Å². The molecular formula is C30H20N4O8S2. The summed E-state index contributed by atoms with van der Waals surface area (Å²) in [6.07, 6.45) is 6.22. The zero-order valence-corrected chi connectivity index (χ0v) is 24.1. The van der Waals surface area contributed by atoms with Gasteiger partial charge in [0.25, 0.3) is 11.4 Å². The summed E-state index contributed by atoms with van der Waals surface area (Å²) in [5.74, 6) is 0. The first-order chi connectivity index (χ1) is 21.0. The summed E-state index contributed by atoms with van der Waals surface area (Å²) in [6, 6.07) is 22.8. The molecule has 0 bridgehead atoms. The van der Waals surface area contributed by atoms with Gasteiger partial charge in [-0.15, -0.1) is 0 Å². The second kappa shape index (κ2) is 11.9. The molecule has 0 radical (unpaired) electrons. The van der Waals surface area contributed by atoms with Gasteiger partial charge in [0.15, 0.2) is 0 Å². The Morgan fingerprint density at radius 1 is 0.500 bits per heavy atom. The van der Waals surface area contributed by atoms with Crippen LogP contribution in [0, 0.1) is 20.2 Å². The first-order valence-corrected chi connectivity index (χ1v) is 15.6. The van der Waals surface area contributed by atoms with Crippen molar-refractivity contribution in [2.24, 2.45) is 0 Å². The van der Waals surface area contributed by atoms with Crippen LogP contribution in [0.1, 0.15) is 0 Å². The molecule has 0 spiro atoms. The van der Waals surface area contributed by atoms with Gasteiger partial charge in [0.2, 0.25) is 19.7 Å². The molecule has 0 aliphatic rings. The fourth-order valence-electron chi connectivity index (χ4n) is 4.40. The molecule has 0 unspecified atom stereocenters. The maximum Gasteiger partial charge on any atom is 0.269 e. The van der Waals surface area contributed by atoms with E-state index in [-0.39, 0.29) is 31.0 Å². The lowest BCUT2D eigenvalue weighted by molar-refractivity contribution is -0.385. The Morgan fingerprint density at radius 3 is 1.20 bits per heavy atom. The van der Waals surface area contributed by atoms with Crippen molar-refractivity contribution < 1.29 is 26.7 Å². The lowest BCUT2D eigenvalue weighted by Gasteiger charge is -2.07. The topological polar surface area (TPSA) is 180 Å². The van der Waals surface area contributed by atoms with Crippen LogP contribution in [0.3, 0.4) is 0 Å². The highest BCUT2D eigenvalue weighted by molar-refractivity contribution is 7.92. The fraction of sp³-hybridized carbons (Fsp3) is 0. The van der Waals surface area contributed by atoms with Crippen molar-refractivity contribution in [1.82, 2.24) is 9.97 Å². The normalized spacial score (nSPS) is 11.5. The van der Waals surface area contributed by atoms with Crippen LogP contribution in [0.5, 0.6) is 0 Å². The van der Waals surface area contributed by atoms with Gasteiger partial charge < -0.3 is 0 Å². The van der Waals surface area contributed by atoms with Crippen molar-refractivity contribution >= 4 is 52.6 Å². The third-order valence-electron chi connectivity index (χ3n) is 6.58. The summed E-state index contributed by atoms with van der Waals surface area (Å²) in [7, 11) is -7.52. The lowest BCUT2D eigenvalue weighted by Crippen LogP contribution is -2.03. The van der Waals surface area contributed by atoms with Crippen LogP contribution < -0.4 is 0 Å². The van der Waals surface area contributed by atoms with E-state index in [4.69, 9.17) is 0 Å². The highest BCUT2D eigenvalue weighted by Crippen LogP contribution is 2.30. The summed E-state index contributed by atoms with van der Waals surface area (Å²) in [5.41, 5.74) is -0.304. The van der Waals surface area contributed by atoms with Gasteiger partial charge in [-0.05, 0) is 48.5 Å². The van der Waals surface area contributed by atoms with E-state index in [0.717, 1.165) is 0 Å². The van der Waals surface area contributed by atoms with Crippen LogP contribution in [0.4, 0.5) is 11.4 Å². The van der Waals surface area contributed by atoms with Crippen LogP contribution in [-0.2, 0) is 19.7 Å². The largest absolute Gasteiger partial charge is 0.269 e. The number of hydrogen-bond donors (Lipinski definition) is 0. The number of pyridine rings is 2. The van der Waals surface area contributed by atoms with E-state index in [1.54, 1.807) is 48.8 Å². The molecule has 220 valence electrons. The molecule has 0 saturated heterocycles. The van der Waals surface area contributed by atoms with Gasteiger partial charge in [-0.1, -0.05) is 24.3 Å². The molecule has 0 aliphatic carbocycles. The van der Waals surface area contributed by atoms with Gasteiger partial charge >= 0.3 is 0 Å². The zero-order chi connectivity index (χ0) is 31.5. The van der Waals surface area contributed by atoms with Crippen molar-refractivity contribution in [3.05, 3.63) is 142 Å². The minimum atomic E-state index is -3.76. The molecule has 6 aromatic rings. The molecule has 0 atom stereocenters. The summed E-state index contributed by atoms with van der Waals surface area (Å²) >= 11 is 0. The SMILES string of the molecule is O=[N+]([O-])c1ccc(S(=O)(=O)c2cccc3cnccc23)cc1.O=[N+]([O-])c1ccc(S(=O)(=O)c2cccc3cnccc23)cc1. The van der Waals surface area contributed by atoms with Gasteiger partial charge in [0, 0.05) is 70.6 Å². The summed E-state index contributed by atoms with van der Waals surface area (Å²) in [5, 5.41) is 23.9. The Bertz CT molecular complexity index is 2080. The third-order valence-corrected chi connectivity index (χ3v) is 10.2. The number of fused-ring (bicyclic) bond motifs is 2. The predicted octanol–water partition coefficient (Wildman–Crippen LogP) is 5.95. The molecule has 44 heavy (non-hydrogen) atoms. The van der Waals surface area contributed by atoms with E-state index in [2.05, 4.69) is 9.97 Å². The fourth-order valence-corrected chi connectivity index (χ4v) is 7.37. The number of rotatable bonds is 6. The predicted molar refractivity (Wildman–Crippen MR) is 161 cm³/mol. The summed E-state index contributed by atoms with van der Waals surface area (Å²) in [6.45, 7) is 0. The van der Waals surface area contributed by atoms with E-state index >= 15 is 0 Å². The first kappa shape index (κ1) is 29.9. The minimum Gasteiger partial charge on any atom is -0.264 e. The summed E-state index contributed by atoms with van der Waals surface area (Å²) in [4.78, 5) is 28.5. The number of hydrogen-bond acceptors (Lipinski definition) is 10. The Kier molecular flexibility index (Phi) is 8.11. The van der Waals surface area contributed by atoms with Crippen LogP contribution in [-0.4, -0.2) is 36.7 Å². The quantitative estimate of drug-likeness (QED) is 0.158. The Balaban J connectivity index is 0.000000175. The third kappa shape index (κ3) is 5.84. The Morgan fingerprint density at radius 2 is 0.864 bits per heavy atom. The van der Waals surface area contributed by atoms with Crippen molar-refractivity contribution in [3.8, 4) is 0 Å². The molecule has 0 N–H and O–H groups in total. The van der Waals surface area contributed by atoms with Crippen molar-refractivity contribution in [3.63, 3.8) is 0 Å². The molecule has 4 aromatic carbocycles. The van der Waals surface area contributed by atoms with E-state index in [1.807, 2.05) is 0 Å². The summed E-state index contributed by atoms with van der Waals surface area (Å²) < 4.78 is 51.0. The second-order valence-corrected chi connectivity index (χ2v) is 13.1. The van der Waals surface area contributed by atoms with Crippen LogP contribution in [0.2, 0.25) is 0 Å². The standard InChI is InChI=1S/2C15H10N2O4S/c2*18-17(19)12-4-6-13(7-5-12)22(20,21)15-3-1-2-11-10-16-9-8-14(11)15/h2*1-10H. The van der Waals surface area contributed by atoms with E-state index in [0.29, 0.717) is 21.5 Å². The van der Waals surface area contributed by atoms with Crippen LogP contribution in [0.15, 0.2) is 141 Å². The molecule has 0 aliphatic heterocycles. The first-order valence-electron chi connectivity index (χ1n) is 12.6. The van der Waals surface area contributed by atoms with Gasteiger partial charge in [-0.25, -0.2) is 16.8 Å². The van der Waals surface area contributed by atoms with Gasteiger partial charge in [0.05, 0.1) is 29.4 Å². The van der Waals surface area contributed by atoms with Crippen LogP contribution in [0.25, 0.3) is 21.5 Å². The molecular weight excluding hydrogens is 608 g/mol. The number of aromatic nitrogens is 2. The van der Waals surface area contributed by atoms with E-state index in [1.165, 1.54) is 73.1 Å². The van der Waals surface area contributed by atoms with Crippen molar-refractivity contribution in [2.45, 2.75) is 19.6 Å². The Hall–Kier alpha value is -5.60. The van der Waals surface area contributed by atoms with Gasteiger partial charge in [-0.3, -0.25) is 30.2 Å². The lowest BCUT2D eigenvalue weighted by atomic mass is 10.2. The number of nitro benzene ring substituents is 2. The maximum absolute atomic E-state index is 12.7. The van der Waals surface area contributed by atoms with Crippen molar-refractivity contribution in [1.29, 1.82) is 0 Å². The molecule has 12 nitrogen and oxygen atoms in total. The highest BCUT2D eigenvalue weighted by Gasteiger charge is 2.22. The number of benzene rings is 4. The molecule has 0 saturated carbocycles. The number of nitro groups is 2. The smallest absolute Gasteiger partial charge is 0.264 e.